The molecule has 5 heteroatoms. The normalized spacial score (nSPS) is 12.2. The maximum absolute atomic E-state index is 5.77. The Morgan fingerprint density at radius 3 is 2.76 bits per heavy atom. The van der Waals surface area contributed by atoms with E-state index >= 15 is 0 Å². The zero-order valence-electron chi connectivity index (χ0n) is 9.77. The van der Waals surface area contributed by atoms with Gasteiger partial charge in [-0.2, -0.15) is 5.10 Å². The van der Waals surface area contributed by atoms with Crippen molar-refractivity contribution in [3.63, 3.8) is 0 Å². The summed E-state index contributed by atoms with van der Waals surface area (Å²) >= 11 is 7.30. The van der Waals surface area contributed by atoms with E-state index in [4.69, 9.17) is 17.3 Å². The van der Waals surface area contributed by atoms with E-state index in [1.165, 1.54) is 11.8 Å². The average Bonchev–Trinajstić information content (AvgIpc) is 2.32. The van der Waals surface area contributed by atoms with Crippen LogP contribution in [-0.2, 0) is 0 Å². The van der Waals surface area contributed by atoms with E-state index in [1.807, 2.05) is 24.3 Å². The third-order valence-electron chi connectivity index (χ3n) is 1.98. The highest BCUT2D eigenvalue weighted by atomic mass is 35.5. The minimum atomic E-state index is 0.503. The van der Waals surface area contributed by atoms with Crippen molar-refractivity contribution in [3.05, 3.63) is 34.9 Å². The Balaban J connectivity index is 2.42. The Bertz CT molecular complexity index is 387. The van der Waals surface area contributed by atoms with Crippen LogP contribution in [0.3, 0.4) is 0 Å². The van der Waals surface area contributed by atoms with E-state index in [9.17, 15) is 0 Å². The number of rotatable bonds is 5. The molecule has 0 unspecified atom stereocenters. The van der Waals surface area contributed by atoms with Crippen LogP contribution in [0.4, 0.5) is 0 Å². The number of halogens is 1. The number of nitrogens with two attached hydrogens (primary N) is 1. The van der Waals surface area contributed by atoms with Gasteiger partial charge in [0, 0.05) is 10.8 Å². The molecule has 0 aliphatic heterocycles. The summed E-state index contributed by atoms with van der Waals surface area (Å²) in [6.07, 6.45) is 3.96. The fourth-order valence-electron chi connectivity index (χ4n) is 1.05. The molecule has 0 aliphatic rings. The molecule has 1 aromatic carbocycles. The monoisotopic (exact) mass is 269 g/mol. The zero-order valence-corrected chi connectivity index (χ0v) is 11.3. The van der Waals surface area contributed by atoms with Crippen molar-refractivity contribution in [2.45, 2.75) is 19.8 Å². The average molecular weight is 270 g/mol. The van der Waals surface area contributed by atoms with Crippen LogP contribution in [0.25, 0.3) is 0 Å². The van der Waals surface area contributed by atoms with Gasteiger partial charge in [-0.15, -0.1) is 5.10 Å². The third-order valence-corrected chi connectivity index (χ3v) is 3.10. The second-order valence-corrected chi connectivity index (χ2v) is 4.99. The quantitative estimate of drug-likeness (QED) is 0.385. The van der Waals surface area contributed by atoms with Crippen LogP contribution in [0.5, 0.6) is 0 Å². The van der Waals surface area contributed by atoms with E-state index in [0.29, 0.717) is 10.2 Å². The van der Waals surface area contributed by atoms with Crippen molar-refractivity contribution in [1.82, 2.24) is 0 Å². The summed E-state index contributed by atoms with van der Waals surface area (Å²) < 4.78 is 0. The summed E-state index contributed by atoms with van der Waals surface area (Å²) in [5, 5.41) is 9.04. The Morgan fingerprint density at radius 2 is 2.12 bits per heavy atom. The Morgan fingerprint density at radius 1 is 1.41 bits per heavy atom. The van der Waals surface area contributed by atoms with Crippen LogP contribution < -0.4 is 5.73 Å². The molecule has 0 fully saturated rings. The van der Waals surface area contributed by atoms with Gasteiger partial charge in [-0.1, -0.05) is 48.8 Å². The van der Waals surface area contributed by atoms with Gasteiger partial charge in [0.2, 0.25) is 0 Å². The second kappa shape index (κ2) is 8.14. The van der Waals surface area contributed by atoms with Gasteiger partial charge in [-0.25, -0.2) is 0 Å². The Kier molecular flexibility index (Phi) is 6.74. The molecule has 0 saturated carbocycles. The number of amidine groups is 1. The van der Waals surface area contributed by atoms with Gasteiger partial charge in [-0.3, -0.25) is 0 Å². The lowest BCUT2D eigenvalue weighted by molar-refractivity contribution is 0.898. The minimum absolute atomic E-state index is 0.503. The van der Waals surface area contributed by atoms with E-state index in [1.54, 1.807) is 6.21 Å². The van der Waals surface area contributed by atoms with Gasteiger partial charge >= 0.3 is 0 Å². The van der Waals surface area contributed by atoms with Gasteiger partial charge in [-0.05, 0) is 24.1 Å². The van der Waals surface area contributed by atoms with Crippen LogP contribution >= 0.6 is 23.4 Å². The Hall–Kier alpha value is -1.00. The molecule has 0 heterocycles. The molecule has 0 bridgehead atoms. The lowest BCUT2D eigenvalue weighted by Gasteiger charge is -1.96. The number of benzene rings is 1. The molecule has 0 aromatic heterocycles. The van der Waals surface area contributed by atoms with E-state index < -0.39 is 0 Å². The van der Waals surface area contributed by atoms with Crippen molar-refractivity contribution >= 4 is 34.7 Å². The second-order valence-electron chi connectivity index (χ2n) is 3.44. The first kappa shape index (κ1) is 14.1. The van der Waals surface area contributed by atoms with E-state index in [2.05, 4.69) is 17.1 Å². The van der Waals surface area contributed by atoms with Crippen molar-refractivity contribution in [2.24, 2.45) is 15.9 Å². The van der Waals surface area contributed by atoms with Gasteiger partial charge < -0.3 is 5.73 Å². The summed E-state index contributed by atoms with van der Waals surface area (Å²) in [5.41, 5.74) is 6.63. The van der Waals surface area contributed by atoms with Crippen LogP contribution in [0.2, 0.25) is 5.02 Å². The molecule has 0 spiro atoms. The molecular weight excluding hydrogens is 254 g/mol. The lowest BCUT2D eigenvalue weighted by atomic mass is 10.2. The molecule has 0 atom stereocenters. The third kappa shape index (κ3) is 6.34. The smallest absolute Gasteiger partial charge is 0.180 e. The summed E-state index contributed by atoms with van der Waals surface area (Å²) in [6.45, 7) is 2.15. The van der Waals surface area contributed by atoms with E-state index in [-0.39, 0.29) is 0 Å². The molecule has 92 valence electrons. The van der Waals surface area contributed by atoms with Gasteiger partial charge in [0.15, 0.2) is 5.17 Å². The first-order valence-electron chi connectivity index (χ1n) is 5.47. The SMILES string of the molecule is CCCCS/C(N)=N/N=C/c1ccc(Cl)cc1. The predicted octanol–water partition coefficient (Wildman–Crippen LogP) is 3.52. The molecule has 17 heavy (non-hydrogen) atoms. The highest BCUT2D eigenvalue weighted by Crippen LogP contribution is 2.08. The summed E-state index contributed by atoms with van der Waals surface area (Å²) in [7, 11) is 0. The largest absolute Gasteiger partial charge is 0.377 e. The highest BCUT2D eigenvalue weighted by Gasteiger charge is 1.92. The summed E-state index contributed by atoms with van der Waals surface area (Å²) in [5.74, 6) is 0.988. The van der Waals surface area contributed by atoms with Crippen molar-refractivity contribution in [2.75, 3.05) is 5.75 Å². The lowest BCUT2D eigenvalue weighted by Crippen LogP contribution is -2.06. The minimum Gasteiger partial charge on any atom is -0.377 e. The zero-order chi connectivity index (χ0) is 12.5. The molecule has 3 nitrogen and oxygen atoms in total. The standard InChI is InChI=1S/C12H16ClN3S/c1-2-3-8-17-12(14)16-15-9-10-4-6-11(13)7-5-10/h4-7,9H,2-3,8H2,1H3,(H2,14,16)/b15-9+. The van der Waals surface area contributed by atoms with Crippen molar-refractivity contribution in [1.29, 1.82) is 0 Å². The summed E-state index contributed by atoms with van der Waals surface area (Å²) in [6, 6.07) is 7.38. The fourth-order valence-corrected chi connectivity index (χ4v) is 1.92. The molecule has 1 aromatic rings. The highest BCUT2D eigenvalue weighted by molar-refractivity contribution is 8.13. The molecule has 1 rings (SSSR count). The molecule has 0 aliphatic carbocycles. The molecule has 0 amide bonds. The van der Waals surface area contributed by atoms with Crippen LogP contribution in [0, 0.1) is 0 Å². The maximum Gasteiger partial charge on any atom is 0.180 e. The molecule has 2 N–H and O–H groups in total. The van der Waals surface area contributed by atoms with E-state index in [0.717, 1.165) is 24.2 Å². The predicted molar refractivity (Wildman–Crippen MR) is 78.0 cm³/mol. The van der Waals surface area contributed by atoms with Crippen LogP contribution in [0.15, 0.2) is 34.5 Å². The molecular formula is C12H16ClN3S. The first-order valence-corrected chi connectivity index (χ1v) is 6.83. The number of thioether (sulfide) groups is 1. The van der Waals surface area contributed by atoms with Gasteiger partial charge in [0.25, 0.3) is 0 Å². The molecule has 0 radical (unpaired) electrons. The van der Waals surface area contributed by atoms with Crippen molar-refractivity contribution in [3.8, 4) is 0 Å². The Labute approximate surface area is 111 Å². The topological polar surface area (TPSA) is 50.7 Å². The first-order chi connectivity index (χ1) is 8.22. The van der Waals surface area contributed by atoms with Crippen LogP contribution in [-0.4, -0.2) is 17.1 Å². The van der Waals surface area contributed by atoms with Gasteiger partial charge in [0.05, 0.1) is 6.21 Å². The van der Waals surface area contributed by atoms with Crippen molar-refractivity contribution < 1.29 is 0 Å². The number of unbranched alkanes of at least 4 members (excludes halogenated alkanes) is 1. The fraction of sp³-hybridized carbons (Fsp3) is 0.333. The number of hydrogen-bond donors (Lipinski definition) is 1. The molecule has 0 saturated heterocycles. The maximum atomic E-state index is 5.77. The number of nitrogens with zero attached hydrogens (tertiary/aromatic N) is 2. The van der Waals surface area contributed by atoms with Crippen LogP contribution in [0.1, 0.15) is 25.3 Å². The number of hydrogen-bond acceptors (Lipinski definition) is 3. The van der Waals surface area contributed by atoms with Gasteiger partial charge in [0.1, 0.15) is 0 Å². The summed E-state index contributed by atoms with van der Waals surface area (Å²) in [4.78, 5) is 0.